The first kappa shape index (κ1) is 16.5. The number of benzene rings is 1. The van der Waals surface area contributed by atoms with Crippen LogP contribution in [0.25, 0.3) is 5.65 Å². The molecular formula is C18H16ClN5O2. The minimum absolute atomic E-state index is 0.184. The molecule has 1 aliphatic heterocycles. The van der Waals surface area contributed by atoms with Crippen LogP contribution in [0.3, 0.4) is 0 Å². The van der Waals surface area contributed by atoms with Crippen molar-refractivity contribution in [1.29, 1.82) is 0 Å². The number of rotatable bonds is 4. The summed E-state index contributed by atoms with van der Waals surface area (Å²) >= 11 is 5.91. The van der Waals surface area contributed by atoms with Crippen LogP contribution in [0.4, 0.5) is 0 Å². The third-order valence-electron chi connectivity index (χ3n) is 4.81. The Hall–Kier alpha value is -2.93. The Kier molecular flexibility index (Phi) is 3.88. The smallest absolute Gasteiger partial charge is 0.257 e. The summed E-state index contributed by atoms with van der Waals surface area (Å²) < 4.78 is 1.68. The molecule has 1 aromatic carbocycles. The first-order valence-electron chi connectivity index (χ1n) is 8.10. The van der Waals surface area contributed by atoms with Gasteiger partial charge in [0.2, 0.25) is 5.91 Å². The average molecular weight is 370 g/mol. The average Bonchev–Trinajstić information content (AvgIpc) is 3.07. The van der Waals surface area contributed by atoms with E-state index in [0.29, 0.717) is 22.7 Å². The number of carbonyl (C=O) groups is 2. The number of aromatic nitrogens is 3. The van der Waals surface area contributed by atoms with E-state index in [1.165, 1.54) is 6.33 Å². The second kappa shape index (κ2) is 6.10. The van der Waals surface area contributed by atoms with E-state index in [1.54, 1.807) is 39.8 Å². The predicted octanol–water partition coefficient (Wildman–Crippen LogP) is 1.55. The molecule has 0 aliphatic carbocycles. The number of amides is 2. The number of hydrogen-bond acceptors (Lipinski definition) is 4. The Morgan fingerprint density at radius 1 is 1.19 bits per heavy atom. The predicted molar refractivity (Wildman–Crippen MR) is 95.7 cm³/mol. The van der Waals surface area contributed by atoms with Gasteiger partial charge >= 0.3 is 0 Å². The molecule has 0 saturated carbocycles. The molecule has 26 heavy (non-hydrogen) atoms. The first-order chi connectivity index (χ1) is 12.5. The number of fused-ring (bicyclic) bond motifs is 1. The lowest BCUT2D eigenvalue weighted by Crippen LogP contribution is -2.64. The number of halogens is 1. The Morgan fingerprint density at radius 3 is 2.62 bits per heavy atom. The molecule has 0 bridgehead atoms. The number of likely N-dealkylation sites (tertiary alicyclic amines) is 1. The van der Waals surface area contributed by atoms with Crippen molar-refractivity contribution in [3.8, 4) is 0 Å². The van der Waals surface area contributed by atoms with Crippen molar-refractivity contribution in [3.05, 3.63) is 65.1 Å². The van der Waals surface area contributed by atoms with Crippen LogP contribution in [-0.4, -0.2) is 44.4 Å². The highest BCUT2D eigenvalue weighted by molar-refractivity contribution is 6.30. The van der Waals surface area contributed by atoms with E-state index in [4.69, 9.17) is 17.3 Å². The van der Waals surface area contributed by atoms with Crippen LogP contribution in [0.1, 0.15) is 15.9 Å². The van der Waals surface area contributed by atoms with Crippen molar-refractivity contribution >= 4 is 29.1 Å². The van der Waals surface area contributed by atoms with Gasteiger partial charge in [-0.15, -0.1) is 10.2 Å². The molecular weight excluding hydrogens is 354 g/mol. The molecule has 7 nitrogen and oxygen atoms in total. The summed E-state index contributed by atoms with van der Waals surface area (Å²) in [5, 5.41) is 8.45. The fourth-order valence-corrected chi connectivity index (χ4v) is 3.49. The Balaban J connectivity index is 1.54. The van der Waals surface area contributed by atoms with E-state index in [0.717, 1.165) is 5.56 Å². The molecule has 2 aromatic heterocycles. The highest BCUT2D eigenvalue weighted by Crippen LogP contribution is 2.35. The molecule has 0 atom stereocenters. The van der Waals surface area contributed by atoms with Gasteiger partial charge in [-0.3, -0.25) is 14.0 Å². The van der Waals surface area contributed by atoms with Crippen molar-refractivity contribution in [2.45, 2.75) is 6.42 Å². The zero-order valence-electron chi connectivity index (χ0n) is 13.8. The lowest BCUT2D eigenvalue weighted by atomic mass is 9.74. The van der Waals surface area contributed by atoms with Crippen molar-refractivity contribution in [1.82, 2.24) is 19.5 Å². The molecule has 132 valence electrons. The molecule has 1 aliphatic rings. The standard InChI is InChI=1S/C18H16ClN5O2/c19-13-5-3-12(4-6-13)8-18(17(20)26)9-24(10-18)16(25)14-2-1-7-23-11-21-22-15(14)23/h1-7,11H,8-10H2,(H2,20,26). The number of hydrogen-bond donors (Lipinski definition) is 1. The van der Waals surface area contributed by atoms with Gasteiger partial charge in [0, 0.05) is 24.3 Å². The topological polar surface area (TPSA) is 93.6 Å². The minimum atomic E-state index is -0.762. The van der Waals surface area contributed by atoms with Crippen LogP contribution in [0.5, 0.6) is 0 Å². The van der Waals surface area contributed by atoms with E-state index in [9.17, 15) is 9.59 Å². The molecule has 2 N–H and O–H groups in total. The summed E-state index contributed by atoms with van der Waals surface area (Å²) in [5.74, 6) is -0.589. The Morgan fingerprint density at radius 2 is 1.92 bits per heavy atom. The van der Waals surface area contributed by atoms with Gasteiger partial charge in [0.1, 0.15) is 6.33 Å². The monoisotopic (exact) mass is 369 g/mol. The van der Waals surface area contributed by atoms with Gasteiger partial charge in [-0.25, -0.2) is 0 Å². The SMILES string of the molecule is NC(=O)C1(Cc2ccc(Cl)cc2)CN(C(=O)c2cccn3cnnc23)C1. The summed E-state index contributed by atoms with van der Waals surface area (Å²) in [6.07, 6.45) is 3.78. The molecule has 0 radical (unpaired) electrons. The Labute approximate surface area is 154 Å². The number of primary amides is 1. The third kappa shape index (κ3) is 2.70. The highest BCUT2D eigenvalue weighted by atomic mass is 35.5. The number of carbonyl (C=O) groups excluding carboxylic acids is 2. The van der Waals surface area contributed by atoms with E-state index in [1.807, 2.05) is 12.1 Å². The van der Waals surface area contributed by atoms with E-state index >= 15 is 0 Å². The zero-order valence-corrected chi connectivity index (χ0v) is 14.6. The number of nitrogens with two attached hydrogens (primary N) is 1. The third-order valence-corrected chi connectivity index (χ3v) is 5.06. The van der Waals surface area contributed by atoms with Crippen LogP contribution in [-0.2, 0) is 11.2 Å². The van der Waals surface area contributed by atoms with Gasteiger partial charge in [-0.2, -0.15) is 0 Å². The van der Waals surface area contributed by atoms with Crippen molar-refractivity contribution in [2.24, 2.45) is 11.1 Å². The van der Waals surface area contributed by atoms with Crippen LogP contribution in [0.2, 0.25) is 5.02 Å². The van der Waals surface area contributed by atoms with Gasteiger partial charge in [-0.05, 0) is 36.2 Å². The molecule has 0 spiro atoms. The summed E-state index contributed by atoms with van der Waals surface area (Å²) in [5.41, 5.74) is 6.80. The fourth-order valence-electron chi connectivity index (χ4n) is 3.36. The fraction of sp³-hybridized carbons (Fsp3) is 0.222. The first-order valence-corrected chi connectivity index (χ1v) is 8.48. The molecule has 8 heteroatoms. The second-order valence-corrected chi connectivity index (χ2v) is 7.03. The minimum Gasteiger partial charge on any atom is -0.369 e. The van der Waals surface area contributed by atoms with E-state index in [2.05, 4.69) is 10.2 Å². The normalized spacial score (nSPS) is 15.7. The molecule has 0 unspecified atom stereocenters. The van der Waals surface area contributed by atoms with Gasteiger partial charge in [-0.1, -0.05) is 23.7 Å². The van der Waals surface area contributed by atoms with E-state index in [-0.39, 0.29) is 19.0 Å². The Bertz CT molecular complexity index is 992. The van der Waals surface area contributed by atoms with E-state index < -0.39 is 11.3 Å². The van der Waals surface area contributed by atoms with Gasteiger partial charge < -0.3 is 10.6 Å². The van der Waals surface area contributed by atoms with Crippen LogP contribution < -0.4 is 5.73 Å². The zero-order chi connectivity index (χ0) is 18.3. The van der Waals surface area contributed by atoms with Crippen molar-refractivity contribution < 1.29 is 9.59 Å². The molecule has 2 amide bonds. The summed E-state index contributed by atoms with van der Waals surface area (Å²) in [6.45, 7) is 0.554. The molecule has 4 rings (SSSR count). The van der Waals surface area contributed by atoms with Crippen LogP contribution in [0, 0.1) is 5.41 Å². The second-order valence-electron chi connectivity index (χ2n) is 6.59. The summed E-state index contributed by atoms with van der Waals surface area (Å²) in [7, 11) is 0. The molecule has 1 fully saturated rings. The summed E-state index contributed by atoms with van der Waals surface area (Å²) in [4.78, 5) is 26.5. The number of pyridine rings is 1. The van der Waals surface area contributed by atoms with Crippen LogP contribution >= 0.6 is 11.6 Å². The maximum absolute atomic E-state index is 12.8. The van der Waals surface area contributed by atoms with Crippen molar-refractivity contribution in [3.63, 3.8) is 0 Å². The molecule has 1 saturated heterocycles. The lowest BCUT2D eigenvalue weighted by molar-refractivity contribution is -0.135. The number of nitrogens with zero attached hydrogens (tertiary/aromatic N) is 4. The van der Waals surface area contributed by atoms with Gasteiger partial charge in [0.15, 0.2) is 5.65 Å². The van der Waals surface area contributed by atoms with Gasteiger partial charge in [0.05, 0.1) is 11.0 Å². The van der Waals surface area contributed by atoms with Gasteiger partial charge in [0.25, 0.3) is 5.91 Å². The lowest BCUT2D eigenvalue weighted by Gasteiger charge is -2.48. The quantitative estimate of drug-likeness (QED) is 0.755. The highest BCUT2D eigenvalue weighted by Gasteiger charge is 2.50. The van der Waals surface area contributed by atoms with Crippen molar-refractivity contribution in [2.75, 3.05) is 13.1 Å². The maximum atomic E-state index is 12.8. The van der Waals surface area contributed by atoms with Crippen LogP contribution in [0.15, 0.2) is 48.9 Å². The molecule has 3 heterocycles. The maximum Gasteiger partial charge on any atom is 0.257 e. The summed E-state index contributed by atoms with van der Waals surface area (Å²) in [6, 6.07) is 10.8. The molecule has 3 aromatic rings. The largest absolute Gasteiger partial charge is 0.369 e.